The van der Waals surface area contributed by atoms with Gasteiger partial charge in [-0.3, -0.25) is 4.79 Å². The molecule has 1 fully saturated rings. The highest BCUT2D eigenvalue weighted by Crippen LogP contribution is 2.22. The topological polar surface area (TPSA) is 69.6 Å². The van der Waals surface area contributed by atoms with Crippen molar-refractivity contribution in [3.05, 3.63) is 0 Å². The highest BCUT2D eigenvalue weighted by Gasteiger charge is 2.41. The Morgan fingerprint density at radius 2 is 2.05 bits per heavy atom. The van der Waals surface area contributed by atoms with Crippen LogP contribution in [0.15, 0.2) is 0 Å². The normalized spacial score (nSPS) is 20.5. The third-order valence-electron chi connectivity index (χ3n) is 2.85. The number of urea groups is 1. The minimum absolute atomic E-state index is 0.110. The lowest BCUT2D eigenvalue weighted by Crippen LogP contribution is -2.50. The molecule has 0 aromatic heterocycles. The molecule has 0 saturated carbocycles. The van der Waals surface area contributed by atoms with Crippen molar-refractivity contribution in [1.29, 1.82) is 0 Å². The van der Waals surface area contributed by atoms with Crippen LogP contribution in [0.25, 0.3) is 0 Å². The number of piperidine rings is 1. The van der Waals surface area contributed by atoms with Gasteiger partial charge >= 0.3 is 24.3 Å². The van der Waals surface area contributed by atoms with Crippen LogP contribution in [0.2, 0.25) is 0 Å². The highest BCUT2D eigenvalue weighted by atomic mass is 19.3. The van der Waals surface area contributed by atoms with Gasteiger partial charge in [0.25, 0.3) is 0 Å². The van der Waals surface area contributed by atoms with Crippen molar-refractivity contribution < 1.29 is 32.3 Å². The average molecular weight is 286 g/mol. The number of nitrogens with zero attached hydrogens (tertiary/aromatic N) is 1. The van der Waals surface area contributed by atoms with Crippen molar-refractivity contribution in [1.82, 2.24) is 10.2 Å². The van der Waals surface area contributed by atoms with Crippen LogP contribution < -0.4 is 5.32 Å². The number of halogens is 4. The number of alkyl halides is 4. The van der Waals surface area contributed by atoms with E-state index in [1.807, 2.05) is 0 Å². The first kappa shape index (κ1) is 15.5. The molecule has 1 atom stereocenters. The van der Waals surface area contributed by atoms with Crippen LogP contribution in [-0.2, 0) is 4.79 Å². The van der Waals surface area contributed by atoms with Gasteiger partial charge in [-0.25, -0.2) is 13.6 Å². The van der Waals surface area contributed by atoms with E-state index in [9.17, 15) is 27.2 Å². The first-order valence-corrected chi connectivity index (χ1v) is 5.65. The molecular formula is C10H14F4N2O3. The molecule has 0 radical (unpaired) electrons. The van der Waals surface area contributed by atoms with Crippen LogP contribution in [-0.4, -0.2) is 54.0 Å². The van der Waals surface area contributed by atoms with Crippen LogP contribution in [0.4, 0.5) is 22.4 Å². The third-order valence-corrected chi connectivity index (χ3v) is 2.85. The second kappa shape index (κ2) is 6.07. The maximum Gasteiger partial charge on any atom is 0.324 e. The van der Waals surface area contributed by atoms with Gasteiger partial charge in [0, 0.05) is 13.1 Å². The molecule has 19 heavy (non-hydrogen) atoms. The second-order valence-electron chi connectivity index (χ2n) is 4.34. The van der Waals surface area contributed by atoms with Gasteiger partial charge in [0.2, 0.25) is 0 Å². The van der Waals surface area contributed by atoms with Crippen molar-refractivity contribution >= 4 is 12.0 Å². The van der Waals surface area contributed by atoms with Gasteiger partial charge < -0.3 is 15.3 Å². The Bertz CT molecular complexity index is 352. The molecule has 1 aliphatic heterocycles. The van der Waals surface area contributed by atoms with Crippen molar-refractivity contribution in [2.45, 2.75) is 25.2 Å². The van der Waals surface area contributed by atoms with Crippen LogP contribution >= 0.6 is 0 Å². The lowest BCUT2D eigenvalue weighted by molar-refractivity contribution is -0.143. The number of rotatable bonds is 4. The lowest BCUT2D eigenvalue weighted by Gasteiger charge is -2.31. The molecule has 1 rings (SSSR count). The highest BCUT2D eigenvalue weighted by molar-refractivity contribution is 5.76. The third kappa shape index (κ3) is 4.25. The number of likely N-dealkylation sites (tertiary alicyclic amines) is 1. The zero-order valence-electron chi connectivity index (χ0n) is 9.91. The van der Waals surface area contributed by atoms with E-state index >= 15 is 0 Å². The average Bonchev–Trinajstić information content (AvgIpc) is 2.36. The van der Waals surface area contributed by atoms with Gasteiger partial charge in [-0.1, -0.05) is 0 Å². The number of nitrogens with one attached hydrogen (secondary N) is 1. The maximum absolute atomic E-state index is 12.6. The van der Waals surface area contributed by atoms with E-state index in [2.05, 4.69) is 0 Å². The Morgan fingerprint density at radius 3 is 2.58 bits per heavy atom. The largest absolute Gasteiger partial charge is 0.481 e. The molecule has 110 valence electrons. The Labute approximate surface area is 106 Å². The summed E-state index contributed by atoms with van der Waals surface area (Å²) in [4.78, 5) is 23.3. The van der Waals surface area contributed by atoms with Crippen LogP contribution in [0.3, 0.4) is 0 Å². The summed E-state index contributed by atoms with van der Waals surface area (Å²) in [6.07, 6.45) is -3.04. The molecule has 1 saturated heterocycles. The standard InChI is InChI=1S/C10H14F4N2O3/c11-8(12)10(13,14)5-15-9(19)16-3-1-2-6(4-16)7(17)18/h6,8H,1-5H2,(H,15,19)(H,17,18)/t6-/m0/s1. The summed E-state index contributed by atoms with van der Waals surface area (Å²) in [6, 6.07) is -0.953. The minimum Gasteiger partial charge on any atom is -0.481 e. The number of amides is 2. The van der Waals surface area contributed by atoms with E-state index in [0.29, 0.717) is 12.8 Å². The van der Waals surface area contributed by atoms with Crippen LogP contribution in [0.1, 0.15) is 12.8 Å². The van der Waals surface area contributed by atoms with Gasteiger partial charge in [-0.15, -0.1) is 0 Å². The van der Waals surface area contributed by atoms with E-state index in [4.69, 9.17) is 5.11 Å². The predicted octanol–water partition coefficient (Wildman–Crippen LogP) is 1.39. The number of carbonyl (C=O) groups excluding carboxylic acids is 1. The Balaban J connectivity index is 2.47. The van der Waals surface area contributed by atoms with Gasteiger partial charge in [0.15, 0.2) is 0 Å². The summed E-state index contributed by atoms with van der Waals surface area (Å²) in [5.41, 5.74) is 0. The Morgan fingerprint density at radius 1 is 1.42 bits per heavy atom. The van der Waals surface area contributed by atoms with Crippen molar-refractivity contribution in [2.75, 3.05) is 19.6 Å². The molecule has 0 aromatic carbocycles. The predicted molar refractivity (Wildman–Crippen MR) is 56.3 cm³/mol. The molecule has 0 bridgehead atoms. The zero-order valence-corrected chi connectivity index (χ0v) is 9.91. The first-order valence-electron chi connectivity index (χ1n) is 5.65. The monoisotopic (exact) mass is 286 g/mol. The van der Waals surface area contributed by atoms with Gasteiger partial charge in [-0.05, 0) is 12.8 Å². The van der Waals surface area contributed by atoms with E-state index in [-0.39, 0.29) is 13.1 Å². The SMILES string of the molecule is O=C(O)[C@H]1CCCN(C(=O)NCC(F)(F)C(F)F)C1. The fourth-order valence-electron chi connectivity index (χ4n) is 1.75. The second-order valence-corrected chi connectivity index (χ2v) is 4.34. The van der Waals surface area contributed by atoms with Crippen LogP contribution in [0, 0.1) is 5.92 Å². The fraction of sp³-hybridized carbons (Fsp3) is 0.800. The number of aliphatic carboxylic acids is 1. The molecule has 0 aromatic rings. The summed E-state index contributed by atoms with van der Waals surface area (Å²) in [5.74, 6) is -6.12. The van der Waals surface area contributed by atoms with Gasteiger partial charge in [-0.2, -0.15) is 8.78 Å². The fourth-order valence-corrected chi connectivity index (χ4v) is 1.75. The zero-order chi connectivity index (χ0) is 14.6. The van der Waals surface area contributed by atoms with E-state index in [1.165, 1.54) is 0 Å². The molecule has 1 aliphatic rings. The van der Waals surface area contributed by atoms with Crippen molar-refractivity contribution in [3.8, 4) is 0 Å². The molecule has 1 heterocycles. The molecular weight excluding hydrogens is 272 g/mol. The minimum atomic E-state index is -4.29. The lowest BCUT2D eigenvalue weighted by atomic mass is 9.99. The molecule has 2 N–H and O–H groups in total. The summed E-state index contributed by atoms with van der Waals surface area (Å²) in [6.45, 7) is -1.37. The Hall–Kier alpha value is -1.54. The van der Waals surface area contributed by atoms with Gasteiger partial charge in [0.05, 0.1) is 12.5 Å². The van der Waals surface area contributed by atoms with Crippen molar-refractivity contribution in [3.63, 3.8) is 0 Å². The summed E-state index contributed by atoms with van der Waals surface area (Å²) >= 11 is 0. The number of hydrogen-bond acceptors (Lipinski definition) is 2. The van der Waals surface area contributed by atoms with Gasteiger partial charge in [0.1, 0.15) is 0 Å². The van der Waals surface area contributed by atoms with E-state index < -0.39 is 36.8 Å². The van der Waals surface area contributed by atoms with E-state index in [1.54, 1.807) is 5.32 Å². The smallest absolute Gasteiger partial charge is 0.324 e. The quantitative estimate of drug-likeness (QED) is 0.767. The number of carboxylic acid groups (broad SMARTS) is 1. The molecule has 2 amide bonds. The number of hydrogen-bond donors (Lipinski definition) is 2. The number of carboxylic acids is 1. The summed E-state index contributed by atoms with van der Waals surface area (Å²) in [5, 5.41) is 10.5. The Kier molecular flexibility index (Phi) is 4.96. The van der Waals surface area contributed by atoms with E-state index in [0.717, 1.165) is 4.90 Å². The molecule has 0 unspecified atom stereocenters. The summed E-state index contributed by atoms with van der Waals surface area (Å²) in [7, 11) is 0. The molecule has 0 aliphatic carbocycles. The number of carbonyl (C=O) groups is 2. The van der Waals surface area contributed by atoms with Crippen LogP contribution in [0.5, 0.6) is 0 Å². The maximum atomic E-state index is 12.6. The molecule has 5 nitrogen and oxygen atoms in total. The first-order chi connectivity index (χ1) is 8.74. The van der Waals surface area contributed by atoms with Crippen molar-refractivity contribution in [2.24, 2.45) is 5.92 Å². The molecule has 9 heteroatoms. The summed E-state index contributed by atoms with van der Waals surface area (Å²) < 4.78 is 49.0. The molecule has 0 spiro atoms.